The Kier molecular flexibility index (Phi) is 7.62. The second-order valence-electron chi connectivity index (χ2n) is 10.5. The van der Waals surface area contributed by atoms with Gasteiger partial charge in [0.2, 0.25) is 17.7 Å². The Balaban J connectivity index is 1.82. The van der Waals surface area contributed by atoms with Crippen LogP contribution in [-0.2, 0) is 19.1 Å². The summed E-state index contributed by atoms with van der Waals surface area (Å²) in [6, 6.07) is 8.31. The molecule has 4 rings (SSSR count). The number of ether oxygens (including phenoxy) is 1. The van der Waals surface area contributed by atoms with E-state index in [1.165, 1.54) is 4.90 Å². The molecule has 3 aliphatic heterocycles. The first-order valence-electron chi connectivity index (χ1n) is 13.2. The standard InChI is InChI=1S/C29H39N3O5/c1-6-16-30(20(4)5)27(36)24-29-15-14-28(8-3,37-29)22(23(29)26(35)32(24)18-19-33)25(34)31(17-7-2)21-12-10-9-11-13-21/h6-7,9-13,20,22-24,33H,1-2,8,14-19H2,3-5H3/t22-,23-,24?,28+,29?/m0/s1. The molecule has 3 aliphatic rings. The Hall–Kier alpha value is -2.97. The molecule has 3 saturated heterocycles. The van der Waals surface area contributed by atoms with Gasteiger partial charge in [-0.1, -0.05) is 37.3 Å². The third-order valence-corrected chi connectivity index (χ3v) is 8.40. The number of hydrogen-bond acceptors (Lipinski definition) is 5. The van der Waals surface area contributed by atoms with Gasteiger partial charge in [-0.25, -0.2) is 0 Å². The fourth-order valence-corrected chi connectivity index (χ4v) is 6.80. The van der Waals surface area contributed by atoms with Crippen molar-refractivity contribution in [1.82, 2.24) is 9.80 Å². The Labute approximate surface area is 219 Å². The monoisotopic (exact) mass is 509 g/mol. The molecule has 2 bridgehead atoms. The van der Waals surface area contributed by atoms with Gasteiger partial charge < -0.3 is 24.5 Å². The van der Waals surface area contributed by atoms with Crippen LogP contribution in [0.4, 0.5) is 5.69 Å². The Morgan fingerprint density at radius 2 is 1.84 bits per heavy atom. The van der Waals surface area contributed by atoms with Crippen molar-refractivity contribution in [2.75, 3.05) is 31.1 Å². The number of fused-ring (bicyclic) bond motifs is 1. The number of hydrogen-bond donors (Lipinski definition) is 1. The van der Waals surface area contributed by atoms with Crippen LogP contribution in [0, 0.1) is 11.8 Å². The molecule has 3 fully saturated rings. The molecule has 1 spiro atoms. The fourth-order valence-electron chi connectivity index (χ4n) is 6.80. The van der Waals surface area contributed by atoms with Crippen molar-refractivity contribution in [1.29, 1.82) is 0 Å². The van der Waals surface area contributed by atoms with Crippen molar-refractivity contribution >= 4 is 23.4 Å². The molecule has 8 nitrogen and oxygen atoms in total. The number of β-amino-alcohol motifs (C(OH)–C–C–N with tert-alkyl or cyclic N) is 1. The average Bonchev–Trinajstić information content (AvgIpc) is 3.49. The van der Waals surface area contributed by atoms with Crippen LogP contribution in [0.15, 0.2) is 55.6 Å². The number of para-hydroxylation sites is 1. The first kappa shape index (κ1) is 27.1. The second-order valence-corrected chi connectivity index (χ2v) is 10.5. The molecule has 200 valence electrons. The van der Waals surface area contributed by atoms with Crippen LogP contribution >= 0.6 is 0 Å². The molecule has 0 aromatic heterocycles. The number of aliphatic hydroxyl groups excluding tert-OH is 1. The summed E-state index contributed by atoms with van der Waals surface area (Å²) in [5.41, 5.74) is -1.24. The third kappa shape index (κ3) is 4.10. The van der Waals surface area contributed by atoms with Gasteiger partial charge in [-0.3, -0.25) is 14.4 Å². The number of amides is 3. The molecule has 37 heavy (non-hydrogen) atoms. The van der Waals surface area contributed by atoms with Crippen LogP contribution in [-0.4, -0.2) is 82.2 Å². The van der Waals surface area contributed by atoms with Crippen LogP contribution in [0.1, 0.15) is 40.0 Å². The molecule has 1 aromatic rings. The number of carbonyl (C=O) groups is 3. The SMILES string of the molecule is C=CCN(C(=O)[C@@H]1[C@H]2C(=O)N(CCO)C(C(=O)N(CC=C)C(C)C)C23CC[C@@]1(CC)O3)c1ccccc1. The Morgan fingerprint density at radius 1 is 1.16 bits per heavy atom. The van der Waals surface area contributed by atoms with E-state index in [1.54, 1.807) is 22.0 Å². The highest BCUT2D eigenvalue weighted by Crippen LogP contribution is 2.64. The predicted molar refractivity (Wildman–Crippen MR) is 142 cm³/mol. The van der Waals surface area contributed by atoms with Crippen molar-refractivity contribution in [3.05, 3.63) is 55.6 Å². The fraction of sp³-hybridized carbons (Fsp3) is 0.552. The maximum atomic E-state index is 14.3. The molecule has 0 aliphatic carbocycles. The number of carbonyl (C=O) groups excluding carboxylic acids is 3. The minimum atomic E-state index is -1.12. The van der Waals surface area contributed by atoms with Crippen molar-refractivity contribution in [3.63, 3.8) is 0 Å². The van der Waals surface area contributed by atoms with E-state index in [-0.39, 0.29) is 43.5 Å². The van der Waals surface area contributed by atoms with Crippen LogP contribution < -0.4 is 4.90 Å². The average molecular weight is 510 g/mol. The van der Waals surface area contributed by atoms with Crippen molar-refractivity contribution < 1.29 is 24.2 Å². The quantitative estimate of drug-likeness (QED) is 0.464. The van der Waals surface area contributed by atoms with E-state index >= 15 is 0 Å². The molecule has 3 heterocycles. The molecule has 5 atom stereocenters. The van der Waals surface area contributed by atoms with Crippen molar-refractivity contribution in [3.8, 4) is 0 Å². The topological polar surface area (TPSA) is 90.4 Å². The van der Waals surface area contributed by atoms with E-state index in [0.29, 0.717) is 25.8 Å². The van der Waals surface area contributed by atoms with Gasteiger partial charge in [0.15, 0.2) is 0 Å². The summed E-state index contributed by atoms with van der Waals surface area (Å²) in [5, 5.41) is 9.84. The molecule has 0 saturated carbocycles. The zero-order chi connectivity index (χ0) is 27.0. The summed E-state index contributed by atoms with van der Waals surface area (Å²) in [7, 11) is 0. The smallest absolute Gasteiger partial charge is 0.248 e. The van der Waals surface area contributed by atoms with E-state index in [2.05, 4.69) is 13.2 Å². The lowest BCUT2D eigenvalue weighted by atomic mass is 9.64. The van der Waals surface area contributed by atoms with Gasteiger partial charge in [0.05, 0.1) is 24.0 Å². The first-order chi connectivity index (χ1) is 17.7. The zero-order valence-electron chi connectivity index (χ0n) is 22.1. The first-order valence-corrected chi connectivity index (χ1v) is 13.2. The van der Waals surface area contributed by atoms with Gasteiger partial charge in [0.1, 0.15) is 11.6 Å². The minimum Gasteiger partial charge on any atom is -0.395 e. The van der Waals surface area contributed by atoms with Gasteiger partial charge in [-0.15, -0.1) is 13.2 Å². The van der Waals surface area contributed by atoms with Crippen LogP contribution in [0.2, 0.25) is 0 Å². The number of likely N-dealkylation sites (tertiary alicyclic amines) is 1. The zero-order valence-corrected chi connectivity index (χ0v) is 22.1. The van der Waals surface area contributed by atoms with Gasteiger partial charge >= 0.3 is 0 Å². The third-order valence-electron chi connectivity index (χ3n) is 8.40. The van der Waals surface area contributed by atoms with E-state index < -0.39 is 29.1 Å². The van der Waals surface area contributed by atoms with Crippen LogP contribution in [0.25, 0.3) is 0 Å². The van der Waals surface area contributed by atoms with Crippen molar-refractivity contribution in [2.24, 2.45) is 11.8 Å². The highest BCUT2D eigenvalue weighted by Gasteiger charge is 2.79. The lowest BCUT2D eigenvalue weighted by molar-refractivity contribution is -0.154. The van der Waals surface area contributed by atoms with E-state index in [4.69, 9.17) is 4.74 Å². The number of rotatable bonds is 11. The maximum Gasteiger partial charge on any atom is 0.248 e. The molecule has 0 radical (unpaired) electrons. The summed E-state index contributed by atoms with van der Waals surface area (Å²) >= 11 is 0. The lowest BCUT2D eigenvalue weighted by Gasteiger charge is -2.38. The Bertz CT molecular complexity index is 1060. The molecule has 1 aromatic carbocycles. The van der Waals surface area contributed by atoms with Gasteiger partial charge in [-0.2, -0.15) is 0 Å². The maximum absolute atomic E-state index is 14.3. The van der Waals surface area contributed by atoms with Gasteiger partial charge in [0.25, 0.3) is 0 Å². The summed E-state index contributed by atoms with van der Waals surface area (Å²) in [6.07, 6.45) is 4.98. The molecular formula is C29H39N3O5. The summed E-state index contributed by atoms with van der Waals surface area (Å²) in [4.78, 5) is 47.3. The van der Waals surface area contributed by atoms with Crippen LogP contribution in [0.3, 0.4) is 0 Å². The molecular weight excluding hydrogens is 470 g/mol. The largest absolute Gasteiger partial charge is 0.395 e. The molecule has 3 amide bonds. The number of benzene rings is 1. The minimum absolute atomic E-state index is 0.00592. The van der Waals surface area contributed by atoms with Gasteiger partial charge in [0, 0.05) is 31.4 Å². The van der Waals surface area contributed by atoms with E-state index in [1.807, 2.05) is 51.1 Å². The van der Waals surface area contributed by atoms with Crippen LogP contribution in [0.5, 0.6) is 0 Å². The molecule has 2 unspecified atom stereocenters. The number of anilines is 1. The summed E-state index contributed by atoms with van der Waals surface area (Å²) in [6.45, 7) is 13.8. The lowest BCUT2D eigenvalue weighted by Crippen LogP contribution is -2.57. The summed E-state index contributed by atoms with van der Waals surface area (Å²) in [5.74, 6) is -2.27. The number of aliphatic hydroxyl groups is 1. The predicted octanol–water partition coefficient (Wildman–Crippen LogP) is 2.78. The Morgan fingerprint density at radius 3 is 2.41 bits per heavy atom. The highest BCUT2D eigenvalue weighted by atomic mass is 16.5. The van der Waals surface area contributed by atoms with Crippen molar-refractivity contribution in [2.45, 2.75) is 63.3 Å². The molecule has 1 N–H and O–H groups in total. The molecule has 8 heteroatoms. The van der Waals surface area contributed by atoms with Gasteiger partial charge in [-0.05, 0) is 45.2 Å². The number of nitrogens with zero attached hydrogens (tertiary/aromatic N) is 3. The van der Waals surface area contributed by atoms with E-state index in [9.17, 15) is 19.5 Å². The second kappa shape index (κ2) is 10.4. The van der Waals surface area contributed by atoms with E-state index in [0.717, 1.165) is 5.69 Å². The normalized spacial score (nSPS) is 29.9. The highest BCUT2D eigenvalue weighted by molar-refractivity contribution is 6.03. The summed E-state index contributed by atoms with van der Waals surface area (Å²) < 4.78 is 6.82.